The van der Waals surface area contributed by atoms with Gasteiger partial charge >= 0.3 is 0 Å². The van der Waals surface area contributed by atoms with Gasteiger partial charge in [0.1, 0.15) is 0 Å². The van der Waals surface area contributed by atoms with Crippen molar-refractivity contribution in [1.29, 1.82) is 0 Å². The summed E-state index contributed by atoms with van der Waals surface area (Å²) in [4.78, 5) is 8.45. The van der Waals surface area contributed by atoms with Gasteiger partial charge in [-0.05, 0) is 29.8 Å². The van der Waals surface area contributed by atoms with Gasteiger partial charge in [0.05, 0.1) is 11.7 Å². The Morgan fingerprint density at radius 2 is 1.57 bits per heavy atom. The molecule has 2 nitrogen and oxygen atoms in total. The lowest BCUT2D eigenvalue weighted by molar-refractivity contribution is 0.586. The maximum absolute atomic E-state index is 4.77. The average molecular weight is 292 g/mol. The first-order chi connectivity index (χ1) is 10.3. The molecule has 2 aromatic rings. The zero-order valence-electron chi connectivity index (χ0n) is 11.9. The van der Waals surface area contributed by atoms with E-state index in [9.17, 15) is 0 Å². The molecule has 1 atom stereocenters. The van der Waals surface area contributed by atoms with Crippen molar-refractivity contribution in [1.82, 2.24) is 4.90 Å². The second kappa shape index (κ2) is 5.08. The maximum atomic E-state index is 4.77. The molecule has 104 valence electrons. The topological polar surface area (TPSA) is 15.6 Å². The highest BCUT2D eigenvalue weighted by molar-refractivity contribution is 8.22. The number of benzene rings is 2. The van der Waals surface area contributed by atoms with E-state index in [2.05, 4.69) is 72.5 Å². The van der Waals surface area contributed by atoms with Crippen LogP contribution < -0.4 is 0 Å². The van der Waals surface area contributed by atoms with Crippen molar-refractivity contribution in [3.8, 4) is 0 Å². The normalized spacial score (nSPS) is 20.7. The fourth-order valence-corrected chi connectivity index (χ4v) is 4.11. The molecule has 2 aliphatic rings. The first-order valence-electron chi connectivity index (χ1n) is 7.21. The third-order valence-electron chi connectivity index (χ3n) is 3.77. The van der Waals surface area contributed by atoms with Gasteiger partial charge in [0, 0.05) is 11.4 Å². The second-order valence-electron chi connectivity index (χ2n) is 5.38. The summed E-state index contributed by atoms with van der Waals surface area (Å²) in [6, 6.07) is 21.6. The summed E-state index contributed by atoms with van der Waals surface area (Å²) in [5.41, 5.74) is 3.84. The largest absolute Gasteiger partial charge is 0.317 e. The Morgan fingerprint density at radius 1 is 0.952 bits per heavy atom. The lowest BCUT2D eigenvalue weighted by atomic mass is 10.1. The van der Waals surface area contributed by atoms with Gasteiger partial charge in [0.15, 0.2) is 5.17 Å². The quantitative estimate of drug-likeness (QED) is 0.819. The van der Waals surface area contributed by atoms with Crippen LogP contribution in [0.5, 0.6) is 0 Å². The molecule has 2 aromatic carbocycles. The van der Waals surface area contributed by atoms with Gasteiger partial charge in [-0.1, -0.05) is 60.7 Å². The Kier molecular flexibility index (Phi) is 3.08. The van der Waals surface area contributed by atoms with Gasteiger partial charge in [-0.15, -0.1) is 0 Å². The standard InChI is InChI=1S/C18H16N2S/c1-13-12-20-16(14-8-4-2-5-9-14)17(21-18(20)19-13)15-10-6-3-7-11-15/h2-11,13H,12H2,1H3/t13-/m0/s1. The molecule has 2 aliphatic heterocycles. The molecule has 4 rings (SSSR count). The van der Waals surface area contributed by atoms with Crippen LogP contribution in [-0.2, 0) is 0 Å². The molecule has 0 N–H and O–H groups in total. The summed E-state index contributed by atoms with van der Waals surface area (Å²) in [6.45, 7) is 3.15. The summed E-state index contributed by atoms with van der Waals surface area (Å²) in [5, 5.41) is 1.14. The van der Waals surface area contributed by atoms with Crippen LogP contribution in [0.2, 0.25) is 0 Å². The molecule has 2 heterocycles. The number of nitrogens with zero attached hydrogens (tertiary/aromatic N) is 2. The maximum Gasteiger partial charge on any atom is 0.169 e. The summed E-state index contributed by atoms with van der Waals surface area (Å²) in [7, 11) is 0. The fraction of sp³-hybridized carbons (Fsp3) is 0.167. The van der Waals surface area contributed by atoms with Crippen LogP contribution in [0.25, 0.3) is 10.6 Å². The third-order valence-corrected chi connectivity index (χ3v) is 4.91. The van der Waals surface area contributed by atoms with Crippen molar-refractivity contribution in [2.45, 2.75) is 13.0 Å². The zero-order chi connectivity index (χ0) is 14.2. The number of rotatable bonds is 2. The highest BCUT2D eigenvalue weighted by Gasteiger charge is 2.35. The van der Waals surface area contributed by atoms with Gasteiger partial charge in [0.2, 0.25) is 0 Å². The van der Waals surface area contributed by atoms with Crippen molar-refractivity contribution in [3.63, 3.8) is 0 Å². The smallest absolute Gasteiger partial charge is 0.169 e. The van der Waals surface area contributed by atoms with E-state index in [0.717, 1.165) is 11.7 Å². The monoisotopic (exact) mass is 292 g/mol. The predicted octanol–water partition coefficient (Wildman–Crippen LogP) is 4.32. The SMILES string of the molecule is C[C@H]1CN2C(=N1)SC(c1ccccc1)=C2c1ccccc1. The molecular weight excluding hydrogens is 276 g/mol. The minimum absolute atomic E-state index is 0.378. The van der Waals surface area contributed by atoms with Crippen LogP contribution in [0.1, 0.15) is 18.1 Å². The van der Waals surface area contributed by atoms with E-state index in [1.807, 2.05) is 0 Å². The Bertz CT molecular complexity index is 719. The molecule has 0 aromatic heterocycles. The molecule has 0 bridgehead atoms. The van der Waals surface area contributed by atoms with E-state index in [1.54, 1.807) is 11.8 Å². The first-order valence-corrected chi connectivity index (χ1v) is 8.03. The van der Waals surface area contributed by atoms with Crippen molar-refractivity contribution >= 4 is 27.5 Å². The number of aliphatic imine (C=N–C) groups is 1. The Balaban J connectivity index is 1.88. The Labute approximate surface area is 129 Å². The van der Waals surface area contributed by atoms with Crippen LogP contribution >= 0.6 is 11.8 Å². The number of fused-ring (bicyclic) bond motifs is 1. The second-order valence-corrected chi connectivity index (χ2v) is 6.36. The molecule has 0 radical (unpaired) electrons. The molecule has 0 saturated carbocycles. The fourth-order valence-electron chi connectivity index (χ4n) is 2.84. The van der Waals surface area contributed by atoms with E-state index in [0.29, 0.717) is 6.04 Å². The van der Waals surface area contributed by atoms with Crippen LogP contribution in [0.4, 0.5) is 0 Å². The van der Waals surface area contributed by atoms with E-state index in [4.69, 9.17) is 4.99 Å². The van der Waals surface area contributed by atoms with Gasteiger partial charge in [-0.2, -0.15) is 0 Å². The predicted molar refractivity (Wildman–Crippen MR) is 90.9 cm³/mol. The molecule has 0 fully saturated rings. The van der Waals surface area contributed by atoms with Crippen LogP contribution in [0, 0.1) is 0 Å². The van der Waals surface area contributed by atoms with Gasteiger partial charge in [-0.25, -0.2) is 0 Å². The minimum atomic E-state index is 0.378. The summed E-state index contributed by atoms with van der Waals surface area (Å²) in [6.07, 6.45) is 0. The summed E-state index contributed by atoms with van der Waals surface area (Å²) in [5.74, 6) is 0. The molecule has 21 heavy (non-hydrogen) atoms. The Hall–Kier alpha value is -2.00. The van der Waals surface area contributed by atoms with Crippen LogP contribution in [0.3, 0.4) is 0 Å². The molecule has 0 unspecified atom stereocenters. The highest BCUT2D eigenvalue weighted by atomic mass is 32.2. The zero-order valence-corrected chi connectivity index (χ0v) is 12.7. The Morgan fingerprint density at radius 3 is 2.24 bits per heavy atom. The van der Waals surface area contributed by atoms with E-state index >= 15 is 0 Å². The molecule has 0 saturated heterocycles. The minimum Gasteiger partial charge on any atom is -0.317 e. The number of hydrogen-bond acceptors (Lipinski definition) is 3. The lowest BCUT2D eigenvalue weighted by Gasteiger charge is -2.18. The number of amidine groups is 1. The van der Waals surface area contributed by atoms with Crippen LogP contribution in [-0.4, -0.2) is 22.7 Å². The van der Waals surface area contributed by atoms with E-state index in [1.165, 1.54) is 21.7 Å². The average Bonchev–Trinajstić information content (AvgIpc) is 3.05. The number of thioether (sulfide) groups is 1. The highest BCUT2D eigenvalue weighted by Crippen LogP contribution is 2.47. The van der Waals surface area contributed by atoms with Gasteiger partial charge in [-0.3, -0.25) is 4.99 Å². The number of hydrogen-bond donors (Lipinski definition) is 0. The van der Waals surface area contributed by atoms with E-state index in [-0.39, 0.29) is 0 Å². The summed E-state index contributed by atoms with van der Waals surface area (Å²) >= 11 is 1.80. The van der Waals surface area contributed by atoms with Gasteiger partial charge in [0.25, 0.3) is 0 Å². The summed E-state index contributed by atoms with van der Waals surface area (Å²) < 4.78 is 0. The van der Waals surface area contributed by atoms with Crippen molar-refractivity contribution in [3.05, 3.63) is 71.8 Å². The van der Waals surface area contributed by atoms with Crippen molar-refractivity contribution in [2.75, 3.05) is 6.54 Å². The molecule has 0 amide bonds. The van der Waals surface area contributed by atoms with Crippen molar-refractivity contribution < 1.29 is 0 Å². The molecule has 3 heteroatoms. The molecule has 0 aliphatic carbocycles. The third kappa shape index (κ3) is 2.18. The molecular formula is C18H16N2S. The van der Waals surface area contributed by atoms with E-state index < -0.39 is 0 Å². The van der Waals surface area contributed by atoms with Crippen LogP contribution in [0.15, 0.2) is 65.7 Å². The lowest BCUT2D eigenvalue weighted by Crippen LogP contribution is -2.22. The molecule has 0 spiro atoms. The van der Waals surface area contributed by atoms with Gasteiger partial charge < -0.3 is 4.90 Å². The van der Waals surface area contributed by atoms with Crippen molar-refractivity contribution in [2.24, 2.45) is 4.99 Å². The first kappa shape index (κ1) is 12.7.